The van der Waals surface area contributed by atoms with Crippen LogP contribution in [0.25, 0.3) is 27.2 Å². The van der Waals surface area contributed by atoms with Crippen molar-refractivity contribution in [2.45, 2.75) is 0 Å². The predicted molar refractivity (Wildman–Crippen MR) is 81.8 cm³/mol. The van der Waals surface area contributed by atoms with Gasteiger partial charge in [0, 0.05) is 11.1 Å². The van der Waals surface area contributed by atoms with E-state index in [1.165, 1.54) is 0 Å². The lowest BCUT2D eigenvalue weighted by Crippen LogP contribution is -3.18. The molecular weight excluding hydrogens is 298 g/mol. The first kappa shape index (κ1) is 12.0. The molecule has 0 spiro atoms. The Bertz CT molecular complexity index is 1010. The van der Waals surface area contributed by atoms with Crippen LogP contribution in [0, 0.1) is 5.21 Å². The molecule has 0 aliphatic carbocycles. The number of para-hydroxylation sites is 1. The zero-order chi connectivity index (χ0) is 14.7. The van der Waals surface area contributed by atoms with Gasteiger partial charge in [-0.3, -0.25) is 0 Å². The molecule has 1 unspecified atom stereocenters. The Balaban J connectivity index is 1.90. The average Bonchev–Trinajstić information content (AvgIpc) is 3.25. The summed E-state index contributed by atoms with van der Waals surface area (Å²) < 4.78 is 1.78. The summed E-state index contributed by atoms with van der Waals surface area (Å²) in [5, 5.41) is 15.6. The molecule has 0 radical (unpaired) electrons. The molecule has 0 saturated heterocycles. The average molecular weight is 308 g/mol. The second-order valence-corrected chi connectivity index (χ2v) is 5.99. The van der Waals surface area contributed by atoms with E-state index in [4.69, 9.17) is 0 Å². The van der Waals surface area contributed by atoms with Crippen LogP contribution in [-0.4, -0.2) is 14.6 Å². The van der Waals surface area contributed by atoms with Gasteiger partial charge in [0.25, 0.3) is 5.82 Å². The minimum atomic E-state index is -0.137. The molecule has 0 fully saturated rings. The third kappa shape index (κ3) is 1.42. The molecule has 22 heavy (non-hydrogen) atoms. The first-order valence-corrected chi connectivity index (χ1v) is 7.69. The maximum Gasteiger partial charge on any atom is 0.336 e. The molecule has 1 atom stereocenters. The molecule has 1 aliphatic heterocycles. The highest BCUT2D eigenvalue weighted by atomic mass is 32.1. The van der Waals surface area contributed by atoms with Gasteiger partial charge in [-0.1, -0.05) is 17.3 Å². The molecule has 6 nitrogen and oxygen atoms in total. The molecule has 5 rings (SSSR count). The number of thiophene rings is 1. The molecular formula is C15H10N5OS+. The number of quaternary nitrogens is 1. The molecule has 1 N–H and O–H groups in total. The summed E-state index contributed by atoms with van der Waals surface area (Å²) in [4.78, 5) is 11.3. The van der Waals surface area contributed by atoms with E-state index in [0.717, 1.165) is 21.3 Å². The van der Waals surface area contributed by atoms with Gasteiger partial charge in [-0.25, -0.2) is 4.98 Å². The number of hydrogen-bond donors (Lipinski definition) is 1. The molecule has 1 aliphatic rings. The summed E-state index contributed by atoms with van der Waals surface area (Å²) in [6, 6.07) is 10.1. The van der Waals surface area contributed by atoms with E-state index in [9.17, 15) is 5.21 Å². The van der Waals surface area contributed by atoms with Crippen LogP contribution >= 0.6 is 11.3 Å². The van der Waals surface area contributed by atoms with Gasteiger partial charge in [-0.15, -0.1) is 11.3 Å². The van der Waals surface area contributed by atoms with Crippen LogP contribution in [0.3, 0.4) is 0 Å². The van der Waals surface area contributed by atoms with Crippen molar-refractivity contribution >= 4 is 28.1 Å². The van der Waals surface area contributed by atoms with Crippen molar-refractivity contribution in [1.29, 1.82) is 0 Å². The number of nitrogens with one attached hydrogen (secondary N) is 1. The first-order chi connectivity index (χ1) is 10.8. The van der Waals surface area contributed by atoms with Crippen LogP contribution in [0.2, 0.25) is 0 Å². The Morgan fingerprint density at radius 1 is 1.14 bits per heavy atom. The number of aromatic nitrogens is 4. The molecule has 106 valence electrons. The summed E-state index contributed by atoms with van der Waals surface area (Å²) >= 11 is 1.66. The smallest absolute Gasteiger partial charge is 0.336 e. The van der Waals surface area contributed by atoms with Crippen molar-refractivity contribution in [1.82, 2.24) is 14.6 Å². The van der Waals surface area contributed by atoms with Gasteiger partial charge in [0.05, 0.1) is 28.1 Å². The van der Waals surface area contributed by atoms with Crippen LogP contribution in [0.5, 0.6) is 0 Å². The van der Waals surface area contributed by atoms with Crippen LogP contribution in [0.15, 0.2) is 54.3 Å². The van der Waals surface area contributed by atoms with Crippen LogP contribution < -0.4 is 9.96 Å². The fourth-order valence-electron chi connectivity index (χ4n) is 2.93. The molecule has 7 heteroatoms. The van der Waals surface area contributed by atoms with E-state index in [-0.39, 0.29) is 5.17 Å². The van der Waals surface area contributed by atoms with Gasteiger partial charge in [0.1, 0.15) is 0 Å². The normalized spacial score (nSPS) is 16.0. The van der Waals surface area contributed by atoms with E-state index >= 15 is 0 Å². The largest absolute Gasteiger partial charge is 0.567 e. The van der Waals surface area contributed by atoms with Gasteiger partial charge in [-0.2, -0.15) is 4.98 Å². The first-order valence-electron chi connectivity index (χ1n) is 6.81. The topological polar surface area (TPSA) is 62.1 Å². The summed E-state index contributed by atoms with van der Waals surface area (Å²) in [5.74, 6) is 0.978. The lowest BCUT2D eigenvalue weighted by Gasteiger charge is -2.06. The molecule has 3 aromatic heterocycles. The maximum atomic E-state index is 12.7. The van der Waals surface area contributed by atoms with Crippen molar-refractivity contribution in [3.05, 3.63) is 59.5 Å². The third-order valence-electron chi connectivity index (χ3n) is 3.83. The third-order valence-corrected chi connectivity index (χ3v) is 4.74. The van der Waals surface area contributed by atoms with E-state index in [1.54, 1.807) is 33.2 Å². The Morgan fingerprint density at radius 3 is 2.91 bits per heavy atom. The number of rotatable bonds is 1. The Morgan fingerprint density at radius 2 is 2.05 bits per heavy atom. The quantitative estimate of drug-likeness (QED) is 0.425. The molecule has 0 bridgehead atoms. The van der Waals surface area contributed by atoms with Crippen molar-refractivity contribution in [3.63, 3.8) is 0 Å². The Hall–Kier alpha value is -2.61. The van der Waals surface area contributed by atoms with Crippen LogP contribution in [0.1, 0.15) is 0 Å². The van der Waals surface area contributed by atoms with Gasteiger partial charge in [0.15, 0.2) is 0 Å². The Kier molecular flexibility index (Phi) is 2.29. The number of benzene rings is 1. The lowest BCUT2D eigenvalue weighted by molar-refractivity contribution is -1.36. The van der Waals surface area contributed by atoms with E-state index in [2.05, 4.69) is 16.0 Å². The number of hydrogen-bond acceptors (Lipinski definition) is 4. The van der Waals surface area contributed by atoms with Crippen molar-refractivity contribution in [3.8, 4) is 16.3 Å². The second-order valence-electron chi connectivity index (χ2n) is 5.04. The van der Waals surface area contributed by atoms with Gasteiger partial charge >= 0.3 is 11.3 Å². The van der Waals surface area contributed by atoms with E-state index in [1.807, 2.05) is 35.8 Å². The fraction of sp³-hybridized carbons (Fsp3) is 0. The molecule has 1 aromatic carbocycles. The SMILES string of the molecule is [O-][NH+]1c2nccnc2-n2cc3cccc(-c4cccs4)c3[n+]21. The molecule has 0 amide bonds. The van der Waals surface area contributed by atoms with Crippen molar-refractivity contribution < 1.29 is 9.96 Å². The zero-order valence-electron chi connectivity index (χ0n) is 11.3. The van der Waals surface area contributed by atoms with Crippen molar-refractivity contribution in [2.24, 2.45) is 0 Å². The second kappa shape index (κ2) is 4.20. The van der Waals surface area contributed by atoms with E-state index in [0.29, 0.717) is 11.6 Å². The summed E-state index contributed by atoms with van der Waals surface area (Å²) in [5.41, 5.74) is 1.95. The number of fused-ring (bicyclic) bond motifs is 5. The van der Waals surface area contributed by atoms with Gasteiger partial charge < -0.3 is 5.21 Å². The monoisotopic (exact) mass is 308 g/mol. The molecule has 4 heterocycles. The van der Waals surface area contributed by atoms with Crippen molar-refractivity contribution in [2.75, 3.05) is 0 Å². The Labute approximate surface area is 129 Å². The summed E-state index contributed by atoms with van der Waals surface area (Å²) in [6.07, 6.45) is 5.09. The minimum Gasteiger partial charge on any atom is -0.567 e. The highest BCUT2D eigenvalue weighted by Gasteiger charge is 2.40. The van der Waals surface area contributed by atoms with Crippen LogP contribution in [0.4, 0.5) is 5.82 Å². The highest BCUT2D eigenvalue weighted by molar-refractivity contribution is 7.13. The van der Waals surface area contributed by atoms with Gasteiger partial charge in [-0.05, 0) is 28.3 Å². The maximum absolute atomic E-state index is 12.7. The zero-order valence-corrected chi connectivity index (χ0v) is 12.1. The molecule has 4 aromatic rings. The van der Waals surface area contributed by atoms with E-state index < -0.39 is 0 Å². The summed E-state index contributed by atoms with van der Waals surface area (Å²) in [6.45, 7) is 0. The predicted octanol–water partition coefficient (Wildman–Crippen LogP) is 1.23. The minimum absolute atomic E-state index is 0.137. The fourth-order valence-corrected chi connectivity index (χ4v) is 3.69. The number of nitrogens with zero attached hydrogens (tertiary/aromatic N) is 4. The molecule has 0 saturated carbocycles. The lowest BCUT2D eigenvalue weighted by atomic mass is 10.1. The highest BCUT2D eigenvalue weighted by Crippen LogP contribution is 2.31. The summed E-state index contributed by atoms with van der Waals surface area (Å²) in [7, 11) is 0. The van der Waals surface area contributed by atoms with Gasteiger partial charge in [0.2, 0.25) is 0 Å². The standard InChI is InChI=1S/C15H10N5OS/c21-20-15-14(16-6-7-17-15)18-9-10-3-1-4-11(13(10)19(18)20)12-5-2-8-22-12/h1-9,20H/q+1. The van der Waals surface area contributed by atoms with Crippen LogP contribution in [-0.2, 0) is 0 Å².